The van der Waals surface area contributed by atoms with Crippen LogP contribution in [0, 0.1) is 0 Å². The van der Waals surface area contributed by atoms with Crippen molar-refractivity contribution in [3.63, 3.8) is 0 Å². The second kappa shape index (κ2) is 10.9. The Kier molecular flexibility index (Phi) is 6.86. The fourth-order valence-corrected chi connectivity index (χ4v) is 4.89. The van der Waals surface area contributed by atoms with Crippen LogP contribution in [-0.2, 0) is 6.61 Å². The van der Waals surface area contributed by atoms with E-state index in [0.29, 0.717) is 17.2 Å². The first kappa shape index (κ1) is 24.5. The maximum atomic E-state index is 14.3. The van der Waals surface area contributed by atoms with Gasteiger partial charge < -0.3 is 9.30 Å². The summed E-state index contributed by atoms with van der Waals surface area (Å²) in [5.74, 6) is 0.608. The molecule has 0 bridgehead atoms. The lowest BCUT2D eigenvalue weighted by Gasteiger charge is -2.23. The van der Waals surface area contributed by atoms with Crippen LogP contribution in [0.2, 0.25) is 5.02 Å². The van der Waals surface area contributed by atoms with Crippen molar-refractivity contribution in [1.82, 2.24) is 4.57 Å². The molecule has 5 heteroatoms. The van der Waals surface area contributed by atoms with E-state index in [4.69, 9.17) is 16.3 Å². The monoisotopic (exact) mass is 528 g/mol. The number of fused-ring (bicyclic) bond motifs is 1. The highest BCUT2D eigenvalue weighted by atomic mass is 35.5. The smallest absolute Gasteiger partial charge is 0.265 e. The van der Waals surface area contributed by atoms with E-state index in [2.05, 4.69) is 0 Å². The lowest BCUT2D eigenvalue weighted by atomic mass is 10.1. The highest BCUT2D eigenvalue weighted by molar-refractivity contribution is 6.30. The molecule has 190 valence electrons. The molecule has 0 radical (unpaired) electrons. The summed E-state index contributed by atoms with van der Waals surface area (Å²) in [6.45, 7) is 0.477. The van der Waals surface area contributed by atoms with E-state index < -0.39 is 0 Å². The largest absolute Gasteiger partial charge is 0.489 e. The summed E-state index contributed by atoms with van der Waals surface area (Å²) in [5, 5.41) is 1.50. The Morgan fingerprint density at radius 2 is 1.38 bits per heavy atom. The molecule has 5 aromatic carbocycles. The molecule has 1 aromatic heterocycles. The Labute approximate surface area is 232 Å². The van der Waals surface area contributed by atoms with Gasteiger partial charge in [0.05, 0.1) is 11.1 Å². The van der Waals surface area contributed by atoms with Gasteiger partial charge in [-0.1, -0.05) is 84.4 Å². The molecular formula is C34H25ClN2O2. The van der Waals surface area contributed by atoms with Crippen LogP contribution in [-0.4, -0.2) is 10.5 Å². The molecule has 0 saturated carbocycles. The zero-order valence-corrected chi connectivity index (χ0v) is 21.8. The zero-order chi connectivity index (χ0) is 26.6. The Balaban J connectivity index is 1.38. The number of hydrogen-bond donors (Lipinski definition) is 0. The normalized spacial score (nSPS) is 10.9. The van der Waals surface area contributed by atoms with Crippen LogP contribution in [0.3, 0.4) is 0 Å². The number of carbonyl (C=O) groups is 1. The van der Waals surface area contributed by atoms with Gasteiger partial charge in [0, 0.05) is 33.7 Å². The van der Waals surface area contributed by atoms with Crippen molar-refractivity contribution < 1.29 is 9.53 Å². The number of halogens is 1. The summed E-state index contributed by atoms with van der Waals surface area (Å²) in [6, 6.07) is 42.9. The van der Waals surface area contributed by atoms with Crippen molar-refractivity contribution in [2.24, 2.45) is 0 Å². The lowest BCUT2D eigenvalue weighted by molar-refractivity contribution is 0.100. The van der Waals surface area contributed by atoms with Crippen LogP contribution in [0.4, 0.5) is 11.4 Å². The van der Waals surface area contributed by atoms with E-state index >= 15 is 0 Å². The molecule has 6 aromatic rings. The molecule has 39 heavy (non-hydrogen) atoms. The second-order valence-corrected chi connectivity index (χ2v) is 9.59. The molecular weight excluding hydrogens is 504 g/mol. The summed E-state index contributed by atoms with van der Waals surface area (Å²) in [4.78, 5) is 16.1. The molecule has 0 spiro atoms. The van der Waals surface area contributed by atoms with E-state index in [0.717, 1.165) is 39.3 Å². The third-order valence-corrected chi connectivity index (χ3v) is 6.82. The number of nitrogens with zero attached hydrogens (tertiary/aromatic N) is 2. The predicted octanol–water partition coefficient (Wildman–Crippen LogP) is 8.84. The Morgan fingerprint density at radius 1 is 0.718 bits per heavy atom. The van der Waals surface area contributed by atoms with Crippen molar-refractivity contribution >= 4 is 39.8 Å². The number of aromatic nitrogens is 1. The van der Waals surface area contributed by atoms with Crippen molar-refractivity contribution in [2.75, 3.05) is 4.90 Å². The molecule has 0 unspecified atom stereocenters. The highest BCUT2D eigenvalue weighted by Gasteiger charge is 2.24. The molecule has 1 heterocycles. The third kappa shape index (κ3) is 5.15. The van der Waals surface area contributed by atoms with Crippen LogP contribution < -0.4 is 9.64 Å². The van der Waals surface area contributed by atoms with Crippen molar-refractivity contribution in [3.8, 4) is 11.4 Å². The van der Waals surface area contributed by atoms with Gasteiger partial charge in [-0.25, -0.2) is 0 Å². The molecule has 0 N–H and O–H groups in total. The Morgan fingerprint density at radius 3 is 2.13 bits per heavy atom. The first-order valence-electron chi connectivity index (χ1n) is 12.7. The minimum Gasteiger partial charge on any atom is -0.489 e. The molecule has 6 rings (SSSR count). The van der Waals surface area contributed by atoms with Crippen molar-refractivity contribution in [2.45, 2.75) is 6.61 Å². The lowest BCUT2D eigenvalue weighted by Crippen LogP contribution is -2.25. The van der Waals surface area contributed by atoms with Gasteiger partial charge in [-0.2, -0.15) is 0 Å². The third-order valence-electron chi connectivity index (χ3n) is 6.59. The standard InChI is InChI=1S/C34H25ClN2O2/c35-26-12-9-15-29(22-26)36-23-32(31-16-7-8-17-33(31)36)34(38)37(27-13-5-2-6-14-27)28-18-20-30(21-19-28)39-24-25-10-3-1-4-11-25/h1-23H,24H2. The highest BCUT2D eigenvalue weighted by Crippen LogP contribution is 2.33. The van der Waals surface area contributed by atoms with Gasteiger partial charge in [0.2, 0.25) is 0 Å². The van der Waals surface area contributed by atoms with Crippen LogP contribution in [0.15, 0.2) is 140 Å². The number of amides is 1. The van der Waals surface area contributed by atoms with Crippen LogP contribution in [0.5, 0.6) is 5.75 Å². The van der Waals surface area contributed by atoms with E-state index in [-0.39, 0.29) is 5.91 Å². The maximum Gasteiger partial charge on any atom is 0.265 e. The molecule has 4 nitrogen and oxygen atoms in total. The average molecular weight is 529 g/mol. The topological polar surface area (TPSA) is 34.5 Å². The number of para-hydroxylation sites is 2. The summed E-state index contributed by atoms with van der Waals surface area (Å²) in [5.41, 5.74) is 5.04. The summed E-state index contributed by atoms with van der Waals surface area (Å²) in [6.07, 6.45) is 1.89. The van der Waals surface area contributed by atoms with Gasteiger partial charge in [0.25, 0.3) is 5.91 Å². The quantitative estimate of drug-likeness (QED) is 0.207. The zero-order valence-electron chi connectivity index (χ0n) is 21.1. The molecule has 0 fully saturated rings. The first-order valence-corrected chi connectivity index (χ1v) is 13.1. The number of benzene rings is 5. The summed E-state index contributed by atoms with van der Waals surface area (Å²) >= 11 is 6.30. The molecule has 0 saturated heterocycles. The van der Waals surface area contributed by atoms with E-state index in [1.807, 2.05) is 144 Å². The van der Waals surface area contributed by atoms with Gasteiger partial charge in [0.15, 0.2) is 0 Å². The number of hydrogen-bond acceptors (Lipinski definition) is 2. The van der Waals surface area contributed by atoms with E-state index in [9.17, 15) is 4.79 Å². The Bertz CT molecular complexity index is 1730. The van der Waals surface area contributed by atoms with Crippen LogP contribution in [0.25, 0.3) is 16.6 Å². The minimum absolute atomic E-state index is 0.129. The molecule has 1 amide bonds. The molecule has 0 aliphatic heterocycles. The molecule has 0 aliphatic carbocycles. The van der Waals surface area contributed by atoms with Gasteiger partial charge >= 0.3 is 0 Å². The number of ether oxygens (including phenoxy) is 1. The van der Waals surface area contributed by atoms with E-state index in [1.165, 1.54) is 0 Å². The first-order chi connectivity index (χ1) is 19.2. The van der Waals surface area contributed by atoms with Gasteiger partial charge in [-0.3, -0.25) is 9.69 Å². The predicted molar refractivity (Wildman–Crippen MR) is 158 cm³/mol. The average Bonchev–Trinajstić information content (AvgIpc) is 3.38. The summed E-state index contributed by atoms with van der Waals surface area (Å²) < 4.78 is 7.99. The van der Waals surface area contributed by atoms with Gasteiger partial charge in [-0.15, -0.1) is 0 Å². The number of rotatable bonds is 7. The number of anilines is 2. The fraction of sp³-hybridized carbons (Fsp3) is 0.0294. The fourth-order valence-electron chi connectivity index (χ4n) is 4.70. The van der Waals surface area contributed by atoms with Crippen molar-refractivity contribution in [1.29, 1.82) is 0 Å². The molecule has 0 aliphatic rings. The van der Waals surface area contributed by atoms with Crippen LogP contribution in [0.1, 0.15) is 15.9 Å². The minimum atomic E-state index is -0.129. The van der Waals surface area contributed by atoms with Gasteiger partial charge in [0.1, 0.15) is 12.4 Å². The SMILES string of the molecule is O=C(c1cn(-c2cccc(Cl)c2)c2ccccc12)N(c1ccccc1)c1ccc(OCc2ccccc2)cc1. The number of carbonyl (C=O) groups excluding carboxylic acids is 1. The second-order valence-electron chi connectivity index (χ2n) is 9.15. The van der Waals surface area contributed by atoms with Crippen molar-refractivity contribution in [3.05, 3.63) is 156 Å². The Hall–Kier alpha value is -4.80. The van der Waals surface area contributed by atoms with Gasteiger partial charge in [-0.05, 0) is 66.2 Å². The summed E-state index contributed by atoms with van der Waals surface area (Å²) in [7, 11) is 0. The maximum absolute atomic E-state index is 14.3. The van der Waals surface area contributed by atoms with E-state index in [1.54, 1.807) is 4.90 Å². The molecule has 0 atom stereocenters. The van der Waals surface area contributed by atoms with Crippen LogP contribution >= 0.6 is 11.6 Å².